The molecular formula is C15H27N3O4. The van der Waals surface area contributed by atoms with Crippen molar-refractivity contribution in [3.8, 4) is 0 Å². The van der Waals surface area contributed by atoms with Crippen LogP contribution in [0.4, 0.5) is 0 Å². The van der Waals surface area contributed by atoms with Gasteiger partial charge < -0.3 is 15.3 Å². The number of aliphatic carboxylic acids is 1. The largest absolute Gasteiger partial charge is 0.480 e. The molecule has 0 aromatic rings. The lowest BCUT2D eigenvalue weighted by Gasteiger charge is -2.30. The number of nitrogens with zero attached hydrogens (tertiary/aromatic N) is 1. The Morgan fingerprint density at radius 3 is 2.41 bits per heavy atom. The molecule has 0 saturated carbocycles. The number of carboxylic acids is 1. The summed E-state index contributed by atoms with van der Waals surface area (Å²) < 4.78 is 0. The molecule has 1 heterocycles. The minimum Gasteiger partial charge on any atom is -0.480 e. The number of carbonyl (C=O) groups is 3. The van der Waals surface area contributed by atoms with Crippen LogP contribution >= 0.6 is 0 Å². The molecule has 0 bridgehead atoms. The van der Waals surface area contributed by atoms with Gasteiger partial charge in [-0.15, -0.1) is 0 Å². The number of hydrogen-bond donors (Lipinski definition) is 3. The van der Waals surface area contributed by atoms with Gasteiger partial charge in [0.15, 0.2) is 0 Å². The third-order valence-electron chi connectivity index (χ3n) is 3.91. The molecule has 1 aliphatic heterocycles. The number of hydrogen-bond acceptors (Lipinski definition) is 4. The van der Waals surface area contributed by atoms with E-state index in [1.807, 2.05) is 13.8 Å². The predicted octanol–water partition coefficient (Wildman–Crippen LogP) is 0.201. The van der Waals surface area contributed by atoms with Crippen molar-refractivity contribution in [3.05, 3.63) is 0 Å². The minimum atomic E-state index is -0.995. The highest BCUT2D eigenvalue weighted by Crippen LogP contribution is 2.20. The Labute approximate surface area is 131 Å². The van der Waals surface area contributed by atoms with E-state index in [1.165, 1.54) is 6.92 Å². The highest BCUT2D eigenvalue weighted by molar-refractivity contribution is 5.90. The van der Waals surface area contributed by atoms with Crippen molar-refractivity contribution in [1.82, 2.24) is 15.5 Å². The summed E-state index contributed by atoms with van der Waals surface area (Å²) in [5.74, 6) is -1.11. The van der Waals surface area contributed by atoms with Gasteiger partial charge in [0.05, 0.1) is 6.04 Å². The summed E-state index contributed by atoms with van der Waals surface area (Å²) in [7, 11) is 1.56. The first-order valence-electron chi connectivity index (χ1n) is 7.78. The first-order valence-corrected chi connectivity index (χ1v) is 7.78. The smallest absolute Gasteiger partial charge is 0.320 e. The number of amides is 2. The van der Waals surface area contributed by atoms with Gasteiger partial charge in [-0.05, 0) is 32.1 Å². The maximum Gasteiger partial charge on any atom is 0.320 e. The van der Waals surface area contributed by atoms with Gasteiger partial charge in [-0.1, -0.05) is 13.8 Å². The summed E-state index contributed by atoms with van der Waals surface area (Å²) in [4.78, 5) is 37.3. The number of carbonyl (C=O) groups excluding carboxylic acids is 2. The van der Waals surface area contributed by atoms with Gasteiger partial charge >= 0.3 is 5.97 Å². The molecule has 1 saturated heterocycles. The van der Waals surface area contributed by atoms with Gasteiger partial charge in [0.25, 0.3) is 0 Å². The SMILES string of the molecule is CNC(=O)C1CCCN1C(=O)C(CC(C)C)N[C@@H](C)C(=O)O. The van der Waals surface area contributed by atoms with E-state index in [9.17, 15) is 14.4 Å². The third kappa shape index (κ3) is 4.69. The van der Waals surface area contributed by atoms with E-state index in [1.54, 1.807) is 11.9 Å². The van der Waals surface area contributed by atoms with Crippen LogP contribution in [0.3, 0.4) is 0 Å². The maximum atomic E-state index is 12.8. The molecule has 2 amide bonds. The molecule has 0 aromatic carbocycles. The second-order valence-corrected chi connectivity index (χ2v) is 6.21. The summed E-state index contributed by atoms with van der Waals surface area (Å²) in [5.41, 5.74) is 0. The summed E-state index contributed by atoms with van der Waals surface area (Å²) >= 11 is 0. The predicted molar refractivity (Wildman–Crippen MR) is 82.3 cm³/mol. The molecule has 1 rings (SSSR count). The van der Waals surface area contributed by atoms with Crippen LogP contribution in [0.15, 0.2) is 0 Å². The van der Waals surface area contributed by atoms with Crippen LogP contribution in [-0.4, -0.2) is 59.5 Å². The summed E-state index contributed by atoms with van der Waals surface area (Å²) in [5, 5.41) is 14.5. The van der Waals surface area contributed by atoms with E-state index < -0.39 is 24.1 Å². The van der Waals surface area contributed by atoms with Crippen LogP contribution in [0.2, 0.25) is 0 Å². The van der Waals surface area contributed by atoms with E-state index in [0.717, 1.165) is 6.42 Å². The van der Waals surface area contributed by atoms with Crippen LogP contribution in [-0.2, 0) is 14.4 Å². The molecule has 3 N–H and O–H groups in total. The van der Waals surface area contributed by atoms with Crippen molar-refractivity contribution in [2.45, 2.75) is 58.2 Å². The molecule has 7 nitrogen and oxygen atoms in total. The highest BCUT2D eigenvalue weighted by atomic mass is 16.4. The van der Waals surface area contributed by atoms with Crippen molar-refractivity contribution < 1.29 is 19.5 Å². The van der Waals surface area contributed by atoms with Gasteiger partial charge in [-0.2, -0.15) is 0 Å². The zero-order valence-electron chi connectivity index (χ0n) is 13.8. The zero-order valence-corrected chi connectivity index (χ0v) is 13.8. The zero-order chi connectivity index (χ0) is 16.9. The van der Waals surface area contributed by atoms with Crippen LogP contribution < -0.4 is 10.6 Å². The van der Waals surface area contributed by atoms with Crippen LogP contribution in [0.5, 0.6) is 0 Å². The number of likely N-dealkylation sites (tertiary alicyclic amines) is 1. The lowest BCUT2D eigenvalue weighted by molar-refractivity contribution is -0.142. The Balaban J connectivity index is 2.85. The fraction of sp³-hybridized carbons (Fsp3) is 0.800. The summed E-state index contributed by atoms with van der Waals surface area (Å²) in [6, 6.07) is -1.85. The molecule has 1 fully saturated rings. The molecule has 126 valence electrons. The average Bonchev–Trinajstić information content (AvgIpc) is 2.93. The highest BCUT2D eigenvalue weighted by Gasteiger charge is 2.37. The Bertz CT molecular complexity index is 425. The standard InChI is InChI=1S/C15H27N3O4/c1-9(2)8-11(17-10(3)15(21)22)14(20)18-7-5-6-12(18)13(19)16-4/h9-12,17H,5-8H2,1-4H3,(H,16,19)(H,21,22)/t10-,11?,12?/m0/s1. The first-order chi connectivity index (χ1) is 10.3. The van der Waals surface area contributed by atoms with Gasteiger partial charge in [-0.25, -0.2) is 0 Å². The van der Waals surface area contributed by atoms with Crippen LogP contribution in [0.25, 0.3) is 0 Å². The van der Waals surface area contributed by atoms with Crippen molar-refractivity contribution in [2.75, 3.05) is 13.6 Å². The fourth-order valence-corrected chi connectivity index (χ4v) is 2.75. The van der Waals surface area contributed by atoms with Crippen molar-refractivity contribution in [3.63, 3.8) is 0 Å². The normalized spacial score (nSPS) is 20.8. The van der Waals surface area contributed by atoms with Crippen LogP contribution in [0, 0.1) is 5.92 Å². The van der Waals surface area contributed by atoms with Crippen molar-refractivity contribution in [1.29, 1.82) is 0 Å². The molecule has 1 aliphatic rings. The second-order valence-electron chi connectivity index (χ2n) is 6.21. The maximum absolute atomic E-state index is 12.8. The van der Waals surface area contributed by atoms with E-state index in [2.05, 4.69) is 10.6 Å². The van der Waals surface area contributed by atoms with E-state index in [-0.39, 0.29) is 17.7 Å². The topological polar surface area (TPSA) is 98.7 Å². The minimum absolute atomic E-state index is 0.166. The summed E-state index contributed by atoms with van der Waals surface area (Å²) in [6.07, 6.45) is 1.97. The quantitative estimate of drug-likeness (QED) is 0.624. The monoisotopic (exact) mass is 313 g/mol. The molecule has 7 heteroatoms. The molecule has 22 heavy (non-hydrogen) atoms. The lowest BCUT2D eigenvalue weighted by atomic mass is 10.0. The number of carboxylic acid groups (broad SMARTS) is 1. The Morgan fingerprint density at radius 1 is 1.27 bits per heavy atom. The van der Waals surface area contributed by atoms with E-state index >= 15 is 0 Å². The Hall–Kier alpha value is -1.63. The molecule has 0 spiro atoms. The number of likely N-dealkylation sites (N-methyl/N-ethyl adjacent to an activating group) is 1. The molecule has 3 atom stereocenters. The average molecular weight is 313 g/mol. The van der Waals surface area contributed by atoms with E-state index in [4.69, 9.17) is 5.11 Å². The molecule has 0 aromatic heterocycles. The Morgan fingerprint density at radius 2 is 1.91 bits per heavy atom. The molecule has 2 unspecified atom stereocenters. The van der Waals surface area contributed by atoms with Gasteiger partial charge in [0.1, 0.15) is 12.1 Å². The van der Waals surface area contributed by atoms with Gasteiger partial charge in [0.2, 0.25) is 11.8 Å². The molecule has 0 radical (unpaired) electrons. The van der Waals surface area contributed by atoms with Crippen molar-refractivity contribution >= 4 is 17.8 Å². The van der Waals surface area contributed by atoms with Crippen molar-refractivity contribution in [2.24, 2.45) is 5.92 Å². The molecular weight excluding hydrogens is 286 g/mol. The lowest BCUT2D eigenvalue weighted by Crippen LogP contribution is -2.55. The number of rotatable bonds is 7. The van der Waals surface area contributed by atoms with E-state index in [0.29, 0.717) is 19.4 Å². The second kappa shape index (κ2) is 8.12. The van der Waals surface area contributed by atoms with Gasteiger partial charge in [-0.3, -0.25) is 19.7 Å². The third-order valence-corrected chi connectivity index (χ3v) is 3.91. The molecule has 0 aliphatic carbocycles. The van der Waals surface area contributed by atoms with Crippen LogP contribution in [0.1, 0.15) is 40.0 Å². The summed E-state index contributed by atoms with van der Waals surface area (Å²) in [6.45, 7) is 6.01. The van der Waals surface area contributed by atoms with Gasteiger partial charge in [0, 0.05) is 13.6 Å². The first kappa shape index (κ1) is 18.4. The number of nitrogens with one attached hydrogen (secondary N) is 2. The fourth-order valence-electron chi connectivity index (χ4n) is 2.75. The Kier molecular flexibility index (Phi) is 6.80.